The van der Waals surface area contributed by atoms with Gasteiger partial charge in [-0.1, -0.05) is 0 Å². The minimum atomic E-state index is -0.533. The number of hydrogen-bond acceptors (Lipinski definition) is 6. The van der Waals surface area contributed by atoms with Crippen molar-refractivity contribution in [2.45, 2.75) is 6.04 Å². The third kappa shape index (κ3) is 3.38. The van der Waals surface area contributed by atoms with E-state index in [9.17, 15) is 10.1 Å². The highest BCUT2D eigenvalue weighted by Gasteiger charge is 2.20. The zero-order valence-corrected chi connectivity index (χ0v) is 11.3. The van der Waals surface area contributed by atoms with Gasteiger partial charge in [0.15, 0.2) is 0 Å². The minimum Gasteiger partial charge on any atom is -0.467 e. The SMILES string of the molecule is COCC(Nc1ccc(C#N)cc1[N+](=O)[O-])c1ccco1. The lowest BCUT2D eigenvalue weighted by Crippen LogP contribution is -2.16. The minimum absolute atomic E-state index is 0.165. The number of ether oxygens (including phenoxy) is 1. The molecule has 2 aromatic rings. The van der Waals surface area contributed by atoms with Crippen LogP contribution in [0.5, 0.6) is 0 Å². The lowest BCUT2D eigenvalue weighted by Gasteiger charge is -2.17. The molecule has 1 N–H and O–H groups in total. The van der Waals surface area contributed by atoms with Gasteiger partial charge in [0.05, 0.1) is 29.4 Å². The Hall–Kier alpha value is -2.85. The van der Waals surface area contributed by atoms with Gasteiger partial charge in [-0.05, 0) is 24.3 Å². The van der Waals surface area contributed by atoms with Gasteiger partial charge in [-0.2, -0.15) is 5.26 Å². The molecule has 1 aromatic heterocycles. The Bertz CT molecular complexity index is 661. The molecule has 108 valence electrons. The number of nitro groups is 1. The molecule has 0 radical (unpaired) electrons. The predicted molar refractivity (Wildman–Crippen MR) is 74.8 cm³/mol. The number of nitrogens with one attached hydrogen (secondary N) is 1. The molecule has 0 amide bonds. The number of nitrogens with zero attached hydrogens (tertiary/aromatic N) is 2. The van der Waals surface area contributed by atoms with Crippen LogP contribution in [0.2, 0.25) is 0 Å². The van der Waals surface area contributed by atoms with E-state index in [-0.39, 0.29) is 23.9 Å². The summed E-state index contributed by atoms with van der Waals surface area (Å²) in [5, 5.41) is 23.0. The first kappa shape index (κ1) is 14.6. The van der Waals surface area contributed by atoms with Gasteiger partial charge < -0.3 is 14.5 Å². The Morgan fingerprint density at radius 3 is 2.90 bits per heavy atom. The first-order chi connectivity index (χ1) is 10.2. The van der Waals surface area contributed by atoms with E-state index < -0.39 is 4.92 Å². The highest BCUT2D eigenvalue weighted by atomic mass is 16.6. The van der Waals surface area contributed by atoms with Crippen LogP contribution >= 0.6 is 0 Å². The van der Waals surface area contributed by atoms with Gasteiger partial charge in [0.1, 0.15) is 17.5 Å². The van der Waals surface area contributed by atoms with E-state index in [0.29, 0.717) is 11.4 Å². The van der Waals surface area contributed by atoms with Gasteiger partial charge in [-0.25, -0.2) is 0 Å². The monoisotopic (exact) mass is 287 g/mol. The van der Waals surface area contributed by atoms with Crippen LogP contribution in [-0.2, 0) is 4.74 Å². The maximum atomic E-state index is 11.1. The Morgan fingerprint density at radius 2 is 2.33 bits per heavy atom. The van der Waals surface area contributed by atoms with E-state index in [0.717, 1.165) is 0 Å². The molecule has 7 nitrogen and oxygen atoms in total. The van der Waals surface area contributed by atoms with Gasteiger partial charge in [-0.3, -0.25) is 10.1 Å². The number of furan rings is 1. The Labute approximate surface area is 120 Å². The molecule has 0 aliphatic carbocycles. The molecule has 2 rings (SSSR count). The maximum Gasteiger partial charge on any atom is 0.293 e. The zero-order chi connectivity index (χ0) is 15.2. The Morgan fingerprint density at radius 1 is 1.52 bits per heavy atom. The summed E-state index contributed by atoms with van der Waals surface area (Å²) in [6.07, 6.45) is 1.52. The van der Waals surface area contributed by atoms with Crippen molar-refractivity contribution in [1.82, 2.24) is 0 Å². The van der Waals surface area contributed by atoms with Crippen LogP contribution in [0.4, 0.5) is 11.4 Å². The van der Waals surface area contributed by atoms with Crippen molar-refractivity contribution in [2.75, 3.05) is 19.0 Å². The molecule has 0 aliphatic heterocycles. The largest absolute Gasteiger partial charge is 0.467 e. The van der Waals surface area contributed by atoms with Crippen molar-refractivity contribution >= 4 is 11.4 Å². The molecule has 7 heteroatoms. The second kappa shape index (κ2) is 6.54. The normalized spacial score (nSPS) is 11.6. The van der Waals surface area contributed by atoms with Crippen molar-refractivity contribution in [1.29, 1.82) is 5.26 Å². The molecule has 0 fully saturated rings. The molecule has 1 unspecified atom stereocenters. The zero-order valence-electron chi connectivity index (χ0n) is 11.3. The fourth-order valence-electron chi connectivity index (χ4n) is 1.91. The highest BCUT2D eigenvalue weighted by molar-refractivity contribution is 5.64. The van der Waals surface area contributed by atoms with E-state index in [1.165, 1.54) is 31.6 Å². The van der Waals surface area contributed by atoms with Crippen LogP contribution in [0, 0.1) is 21.4 Å². The standard InChI is InChI=1S/C14H13N3O4/c1-20-9-12(14-3-2-6-21-14)16-11-5-4-10(8-15)7-13(11)17(18)19/h2-7,12,16H,9H2,1H3. The third-order valence-electron chi connectivity index (χ3n) is 2.87. The van der Waals surface area contributed by atoms with Crippen molar-refractivity contribution in [3.63, 3.8) is 0 Å². The van der Waals surface area contributed by atoms with Gasteiger partial charge >= 0.3 is 0 Å². The van der Waals surface area contributed by atoms with Gasteiger partial charge in [0, 0.05) is 13.2 Å². The lowest BCUT2D eigenvalue weighted by atomic mass is 10.1. The van der Waals surface area contributed by atoms with Crippen LogP contribution in [0.1, 0.15) is 17.4 Å². The summed E-state index contributed by atoms with van der Waals surface area (Å²) in [6.45, 7) is 0.282. The number of rotatable bonds is 6. The lowest BCUT2D eigenvalue weighted by molar-refractivity contribution is -0.384. The summed E-state index contributed by atoms with van der Waals surface area (Å²) >= 11 is 0. The molecule has 0 saturated heterocycles. The molecule has 0 bridgehead atoms. The van der Waals surface area contributed by atoms with Crippen molar-refractivity contribution in [3.05, 3.63) is 58.0 Å². The number of benzene rings is 1. The summed E-state index contributed by atoms with van der Waals surface area (Å²) in [6, 6.07) is 9.25. The summed E-state index contributed by atoms with van der Waals surface area (Å²) in [5.41, 5.74) is 0.368. The van der Waals surface area contributed by atoms with Crippen LogP contribution < -0.4 is 5.32 Å². The second-order valence-electron chi connectivity index (χ2n) is 4.27. The highest BCUT2D eigenvalue weighted by Crippen LogP contribution is 2.29. The summed E-state index contributed by atoms with van der Waals surface area (Å²) in [7, 11) is 1.53. The quantitative estimate of drug-likeness (QED) is 0.647. The first-order valence-corrected chi connectivity index (χ1v) is 6.13. The van der Waals surface area contributed by atoms with Crippen LogP contribution in [-0.4, -0.2) is 18.6 Å². The number of methoxy groups -OCH3 is 1. The van der Waals surface area contributed by atoms with E-state index >= 15 is 0 Å². The maximum absolute atomic E-state index is 11.1. The fourth-order valence-corrected chi connectivity index (χ4v) is 1.91. The summed E-state index contributed by atoms with van der Waals surface area (Å²) < 4.78 is 10.4. The molecule has 0 aliphatic rings. The number of nitriles is 1. The number of hydrogen-bond donors (Lipinski definition) is 1. The average Bonchev–Trinajstić information content (AvgIpc) is 3.01. The van der Waals surface area contributed by atoms with E-state index in [4.69, 9.17) is 14.4 Å². The van der Waals surface area contributed by atoms with E-state index in [1.807, 2.05) is 6.07 Å². The fraction of sp³-hybridized carbons (Fsp3) is 0.214. The van der Waals surface area contributed by atoms with E-state index in [2.05, 4.69) is 5.32 Å². The number of nitro benzene ring substituents is 1. The second-order valence-corrected chi connectivity index (χ2v) is 4.27. The Kier molecular flexibility index (Phi) is 4.53. The first-order valence-electron chi connectivity index (χ1n) is 6.13. The molecule has 1 heterocycles. The van der Waals surface area contributed by atoms with Gasteiger partial charge in [0.2, 0.25) is 0 Å². The topological polar surface area (TPSA) is 101 Å². The molecule has 0 spiro atoms. The van der Waals surface area contributed by atoms with E-state index in [1.54, 1.807) is 12.1 Å². The van der Waals surface area contributed by atoms with Crippen molar-refractivity contribution in [2.24, 2.45) is 0 Å². The molecule has 21 heavy (non-hydrogen) atoms. The van der Waals surface area contributed by atoms with Crippen LogP contribution in [0.15, 0.2) is 41.0 Å². The molecular weight excluding hydrogens is 274 g/mol. The van der Waals surface area contributed by atoms with Crippen molar-refractivity contribution < 1.29 is 14.1 Å². The summed E-state index contributed by atoms with van der Waals surface area (Å²) in [5.74, 6) is 0.607. The summed E-state index contributed by atoms with van der Waals surface area (Å²) in [4.78, 5) is 10.6. The molecule has 0 saturated carbocycles. The van der Waals surface area contributed by atoms with Crippen LogP contribution in [0.3, 0.4) is 0 Å². The van der Waals surface area contributed by atoms with Crippen LogP contribution in [0.25, 0.3) is 0 Å². The average molecular weight is 287 g/mol. The van der Waals surface area contributed by atoms with Gasteiger partial charge in [0.25, 0.3) is 5.69 Å². The smallest absolute Gasteiger partial charge is 0.293 e. The van der Waals surface area contributed by atoms with Crippen molar-refractivity contribution in [3.8, 4) is 6.07 Å². The predicted octanol–water partition coefficient (Wildman–Crippen LogP) is 2.86. The number of anilines is 1. The molecular formula is C14H13N3O4. The third-order valence-corrected chi connectivity index (χ3v) is 2.87. The Balaban J connectivity index is 2.32. The molecule has 1 atom stereocenters. The van der Waals surface area contributed by atoms with Gasteiger partial charge in [-0.15, -0.1) is 0 Å². The molecule has 1 aromatic carbocycles.